The maximum Gasteiger partial charge on any atom is 0.0547 e. The van der Waals surface area contributed by atoms with Gasteiger partial charge in [-0.05, 0) is 75.6 Å². The van der Waals surface area contributed by atoms with Crippen LogP contribution in [0.5, 0.6) is 0 Å². The van der Waals surface area contributed by atoms with Crippen molar-refractivity contribution < 1.29 is 0 Å². The standard InChI is InChI=1S/C32H38Si/c1-21-25-15-10-11-16-26(25)22(2)32(21)33(3,4)30-20-29(23-12-6-5-7-13-23)31-27-17-9-8-14-24(27)18-19-28(30)31/h5-19,21-22,25-26,28-32H,20H2,1-4H3. The summed E-state index contributed by atoms with van der Waals surface area (Å²) in [6, 6.07) is 20.7. The zero-order valence-electron chi connectivity index (χ0n) is 20.6. The summed E-state index contributed by atoms with van der Waals surface area (Å²) in [6.45, 7) is 10.7. The second-order valence-electron chi connectivity index (χ2n) is 11.9. The van der Waals surface area contributed by atoms with E-state index in [4.69, 9.17) is 0 Å². The Morgan fingerprint density at radius 1 is 0.727 bits per heavy atom. The van der Waals surface area contributed by atoms with Gasteiger partial charge >= 0.3 is 0 Å². The van der Waals surface area contributed by atoms with Crippen molar-refractivity contribution in [3.8, 4) is 0 Å². The van der Waals surface area contributed by atoms with Crippen LogP contribution >= 0.6 is 0 Å². The van der Waals surface area contributed by atoms with Gasteiger partial charge in [0.15, 0.2) is 0 Å². The average molecular weight is 451 g/mol. The van der Waals surface area contributed by atoms with Gasteiger partial charge in [-0.3, -0.25) is 0 Å². The van der Waals surface area contributed by atoms with E-state index < -0.39 is 8.07 Å². The first kappa shape index (κ1) is 21.4. The summed E-state index contributed by atoms with van der Waals surface area (Å²) < 4.78 is 0. The minimum absolute atomic E-state index is 0.624. The van der Waals surface area contributed by atoms with Crippen molar-refractivity contribution in [2.24, 2.45) is 29.6 Å². The molecule has 0 spiro atoms. The number of hydrogen-bond donors (Lipinski definition) is 0. The monoisotopic (exact) mass is 450 g/mol. The van der Waals surface area contributed by atoms with E-state index in [1.807, 2.05) is 0 Å². The highest BCUT2D eigenvalue weighted by Crippen LogP contribution is 2.66. The summed E-state index contributed by atoms with van der Waals surface area (Å²) in [6.07, 6.45) is 16.1. The molecule has 33 heavy (non-hydrogen) atoms. The van der Waals surface area contributed by atoms with Gasteiger partial charge in [0.25, 0.3) is 0 Å². The summed E-state index contributed by atoms with van der Waals surface area (Å²) in [7, 11) is -1.57. The van der Waals surface area contributed by atoms with E-state index in [0.29, 0.717) is 17.8 Å². The van der Waals surface area contributed by atoms with Gasteiger partial charge in [-0.1, -0.05) is 118 Å². The number of fused-ring (bicyclic) bond motifs is 4. The molecule has 0 saturated heterocycles. The lowest BCUT2D eigenvalue weighted by molar-refractivity contribution is 0.427. The van der Waals surface area contributed by atoms with Gasteiger partial charge in [0.2, 0.25) is 0 Å². The van der Waals surface area contributed by atoms with E-state index in [2.05, 4.69) is 118 Å². The van der Waals surface area contributed by atoms with E-state index in [1.165, 1.54) is 12.0 Å². The molecule has 2 fully saturated rings. The number of rotatable bonds is 3. The van der Waals surface area contributed by atoms with Crippen molar-refractivity contribution in [2.45, 2.75) is 56.3 Å². The normalized spacial score (nSPS) is 38.7. The quantitative estimate of drug-likeness (QED) is 0.410. The minimum Gasteiger partial charge on any atom is -0.0806 e. The van der Waals surface area contributed by atoms with Crippen molar-refractivity contribution in [1.29, 1.82) is 0 Å². The Balaban J connectivity index is 1.42. The van der Waals surface area contributed by atoms with Crippen LogP contribution in [0.4, 0.5) is 0 Å². The maximum absolute atomic E-state index is 2.76. The molecule has 6 rings (SSSR count). The Morgan fingerprint density at radius 2 is 1.36 bits per heavy atom. The fraction of sp³-hybridized carbons (Fsp3) is 0.438. The topological polar surface area (TPSA) is 0 Å². The first-order chi connectivity index (χ1) is 16.0. The van der Waals surface area contributed by atoms with Gasteiger partial charge in [-0.15, -0.1) is 0 Å². The smallest absolute Gasteiger partial charge is 0.0547 e. The second kappa shape index (κ2) is 7.98. The van der Waals surface area contributed by atoms with Crippen molar-refractivity contribution >= 4 is 14.1 Å². The molecule has 0 bridgehead atoms. The van der Waals surface area contributed by atoms with Crippen LogP contribution in [0.25, 0.3) is 6.08 Å². The number of hydrogen-bond acceptors (Lipinski definition) is 0. The molecule has 2 aromatic rings. The molecule has 2 saturated carbocycles. The molecule has 4 aliphatic rings. The Labute approximate surface area is 201 Å². The molecule has 0 aromatic heterocycles. The average Bonchev–Trinajstić information content (AvgIpc) is 3.37. The second-order valence-corrected chi connectivity index (χ2v) is 17.0. The predicted molar refractivity (Wildman–Crippen MR) is 144 cm³/mol. The Hall–Kier alpha value is -2.12. The van der Waals surface area contributed by atoms with Gasteiger partial charge in [0.05, 0.1) is 8.07 Å². The van der Waals surface area contributed by atoms with Crippen LogP contribution in [-0.2, 0) is 0 Å². The van der Waals surface area contributed by atoms with E-state index in [1.54, 1.807) is 11.1 Å². The third-order valence-electron chi connectivity index (χ3n) is 10.3. The van der Waals surface area contributed by atoms with Gasteiger partial charge in [-0.2, -0.15) is 0 Å². The molecule has 8 atom stereocenters. The van der Waals surface area contributed by atoms with E-state index >= 15 is 0 Å². The van der Waals surface area contributed by atoms with Gasteiger partial charge in [-0.25, -0.2) is 0 Å². The van der Waals surface area contributed by atoms with Crippen molar-refractivity contribution in [2.75, 3.05) is 0 Å². The molecule has 0 N–H and O–H groups in total. The summed E-state index contributed by atoms with van der Waals surface area (Å²) in [5.41, 5.74) is 6.31. The van der Waals surface area contributed by atoms with E-state index in [0.717, 1.165) is 34.8 Å². The van der Waals surface area contributed by atoms with Crippen LogP contribution in [0.2, 0.25) is 24.2 Å². The molecule has 0 nitrogen and oxygen atoms in total. The highest BCUT2D eigenvalue weighted by molar-refractivity contribution is 6.80. The third-order valence-corrected chi connectivity index (χ3v) is 15.6. The molecule has 0 radical (unpaired) electrons. The maximum atomic E-state index is 2.76. The first-order valence-electron chi connectivity index (χ1n) is 13.2. The Morgan fingerprint density at radius 3 is 2.06 bits per heavy atom. The van der Waals surface area contributed by atoms with E-state index in [9.17, 15) is 0 Å². The first-order valence-corrected chi connectivity index (χ1v) is 16.3. The lowest BCUT2D eigenvalue weighted by Gasteiger charge is -2.44. The van der Waals surface area contributed by atoms with Crippen LogP contribution in [0, 0.1) is 29.6 Å². The summed E-state index contributed by atoms with van der Waals surface area (Å²) in [4.78, 5) is 0. The fourth-order valence-electron chi connectivity index (χ4n) is 9.05. The van der Waals surface area contributed by atoms with E-state index in [-0.39, 0.29) is 0 Å². The van der Waals surface area contributed by atoms with Crippen LogP contribution in [0.3, 0.4) is 0 Å². The molecular formula is C32H38Si. The highest BCUT2D eigenvalue weighted by Gasteiger charge is 2.58. The van der Waals surface area contributed by atoms with Crippen molar-refractivity contribution in [1.82, 2.24) is 0 Å². The molecule has 2 aromatic carbocycles. The molecule has 170 valence electrons. The van der Waals surface area contributed by atoms with Crippen LogP contribution < -0.4 is 0 Å². The summed E-state index contributed by atoms with van der Waals surface area (Å²) in [5, 5.41) is 0. The molecule has 8 unspecified atom stereocenters. The molecule has 4 aliphatic carbocycles. The molecular weight excluding hydrogens is 412 g/mol. The summed E-state index contributed by atoms with van der Waals surface area (Å²) in [5.74, 6) is 5.01. The fourth-order valence-corrected chi connectivity index (χ4v) is 14.9. The zero-order valence-corrected chi connectivity index (χ0v) is 21.6. The highest BCUT2D eigenvalue weighted by atomic mass is 28.3. The lowest BCUT2D eigenvalue weighted by atomic mass is 9.75. The van der Waals surface area contributed by atoms with Crippen molar-refractivity contribution in [3.05, 3.63) is 102 Å². The summed E-state index contributed by atoms with van der Waals surface area (Å²) >= 11 is 0. The zero-order chi connectivity index (χ0) is 22.7. The molecule has 1 heteroatoms. The predicted octanol–water partition coefficient (Wildman–Crippen LogP) is 8.69. The van der Waals surface area contributed by atoms with Crippen LogP contribution in [-0.4, -0.2) is 8.07 Å². The Kier molecular flexibility index (Phi) is 5.18. The van der Waals surface area contributed by atoms with Crippen LogP contribution in [0.15, 0.2) is 85.0 Å². The number of allylic oxidation sites excluding steroid dienone is 5. The lowest BCUT2D eigenvalue weighted by Crippen LogP contribution is -2.43. The molecule has 0 heterocycles. The SMILES string of the molecule is CC1C2C=CC=CC2C(C)C1[Si](C)(C)C1CC(c2ccccc2)C2c3ccccc3C=CC21. The van der Waals surface area contributed by atoms with Gasteiger partial charge in [0.1, 0.15) is 0 Å². The van der Waals surface area contributed by atoms with Gasteiger partial charge < -0.3 is 0 Å². The van der Waals surface area contributed by atoms with Gasteiger partial charge in [0, 0.05) is 0 Å². The molecule has 0 amide bonds. The third kappa shape index (κ3) is 3.22. The van der Waals surface area contributed by atoms with Crippen LogP contribution in [0.1, 0.15) is 48.8 Å². The molecule has 0 aliphatic heterocycles. The minimum atomic E-state index is -1.57. The number of benzene rings is 2. The largest absolute Gasteiger partial charge is 0.0806 e. The van der Waals surface area contributed by atoms with Crippen molar-refractivity contribution in [3.63, 3.8) is 0 Å². The Bertz CT molecular complexity index is 1080.